The predicted molar refractivity (Wildman–Crippen MR) is 102 cm³/mol. The summed E-state index contributed by atoms with van der Waals surface area (Å²) in [4.78, 5) is 12.6. The lowest BCUT2D eigenvalue weighted by Gasteiger charge is -2.17. The van der Waals surface area contributed by atoms with Gasteiger partial charge < -0.3 is 10.1 Å². The molecule has 0 fully saturated rings. The second-order valence-corrected chi connectivity index (χ2v) is 7.83. The molecular formula is C19H24N2O4S. The molecule has 140 valence electrons. The molecule has 1 atom stereocenters. The summed E-state index contributed by atoms with van der Waals surface area (Å²) in [5.74, 6) is 0.336. The van der Waals surface area contributed by atoms with Crippen LogP contribution in [0.1, 0.15) is 27.2 Å². The maximum absolute atomic E-state index is 12.4. The molecule has 0 spiro atoms. The lowest BCUT2D eigenvalue weighted by atomic mass is 10.2. The van der Waals surface area contributed by atoms with Crippen LogP contribution in [-0.2, 0) is 14.8 Å². The van der Waals surface area contributed by atoms with E-state index in [2.05, 4.69) is 10.0 Å². The number of rotatable bonds is 8. The summed E-state index contributed by atoms with van der Waals surface area (Å²) < 4.78 is 32.4. The second kappa shape index (κ2) is 8.82. The highest BCUT2D eigenvalue weighted by Crippen LogP contribution is 2.17. The van der Waals surface area contributed by atoms with Crippen molar-refractivity contribution in [3.05, 3.63) is 54.6 Å². The first-order valence-corrected chi connectivity index (χ1v) is 9.95. The molecular weight excluding hydrogens is 352 g/mol. The number of hydrogen-bond donors (Lipinski definition) is 2. The Hall–Kier alpha value is -2.38. The highest BCUT2D eigenvalue weighted by Gasteiger charge is 2.19. The van der Waals surface area contributed by atoms with Crippen LogP contribution >= 0.6 is 0 Å². The molecule has 0 bridgehead atoms. The van der Waals surface area contributed by atoms with Gasteiger partial charge in [0.05, 0.1) is 4.90 Å². The van der Waals surface area contributed by atoms with E-state index in [1.165, 1.54) is 12.1 Å². The van der Waals surface area contributed by atoms with Gasteiger partial charge in [-0.25, -0.2) is 13.1 Å². The largest absolute Gasteiger partial charge is 0.481 e. The summed E-state index contributed by atoms with van der Waals surface area (Å²) in [5, 5.41) is 2.75. The number of hydrogen-bond acceptors (Lipinski definition) is 4. The number of carbonyl (C=O) groups excluding carboxylic acids is 1. The third-order valence-electron chi connectivity index (χ3n) is 3.51. The maximum atomic E-state index is 12.4. The minimum Gasteiger partial charge on any atom is -0.481 e. The van der Waals surface area contributed by atoms with E-state index >= 15 is 0 Å². The summed E-state index contributed by atoms with van der Waals surface area (Å²) in [6.07, 6.45) is -0.130. The van der Waals surface area contributed by atoms with Crippen LogP contribution in [0.25, 0.3) is 0 Å². The lowest BCUT2D eigenvalue weighted by Crippen LogP contribution is -2.32. The Morgan fingerprint density at radius 1 is 1.04 bits per heavy atom. The molecule has 0 aliphatic heterocycles. The summed E-state index contributed by atoms with van der Waals surface area (Å²) in [7, 11) is -3.55. The number of nitrogens with one attached hydrogen (secondary N) is 2. The average Bonchev–Trinajstić information content (AvgIpc) is 2.60. The molecule has 0 aromatic heterocycles. The van der Waals surface area contributed by atoms with E-state index in [0.717, 1.165) is 0 Å². The molecule has 6 nitrogen and oxygen atoms in total. The first kappa shape index (κ1) is 19.9. The normalized spacial score (nSPS) is 12.6. The Bertz CT molecular complexity index is 818. The number of ether oxygens (including phenoxy) is 1. The van der Waals surface area contributed by atoms with E-state index in [0.29, 0.717) is 17.9 Å². The van der Waals surface area contributed by atoms with Gasteiger partial charge >= 0.3 is 0 Å². The predicted octanol–water partition coefficient (Wildman–Crippen LogP) is 3.17. The van der Waals surface area contributed by atoms with Crippen molar-refractivity contribution in [2.24, 2.45) is 0 Å². The van der Waals surface area contributed by atoms with Crippen LogP contribution in [0.15, 0.2) is 59.5 Å². The molecule has 2 N–H and O–H groups in total. The molecule has 7 heteroatoms. The van der Waals surface area contributed by atoms with Gasteiger partial charge in [-0.1, -0.05) is 25.1 Å². The van der Waals surface area contributed by atoms with Crippen molar-refractivity contribution < 1.29 is 17.9 Å². The first-order chi connectivity index (χ1) is 12.3. The number of sulfonamides is 1. The third-order valence-corrected chi connectivity index (χ3v) is 5.18. The zero-order valence-electron chi connectivity index (χ0n) is 15.1. The van der Waals surface area contributed by atoms with Gasteiger partial charge in [0, 0.05) is 11.7 Å². The smallest absolute Gasteiger partial charge is 0.265 e. The molecule has 0 radical (unpaired) electrons. The summed E-state index contributed by atoms with van der Waals surface area (Å²) in [6, 6.07) is 15.0. The van der Waals surface area contributed by atoms with Crippen molar-refractivity contribution in [1.29, 1.82) is 0 Å². The molecule has 0 aliphatic carbocycles. The quantitative estimate of drug-likeness (QED) is 0.741. The van der Waals surface area contributed by atoms with Gasteiger partial charge in [-0.3, -0.25) is 4.79 Å². The zero-order chi connectivity index (χ0) is 19.2. The molecule has 1 amide bonds. The first-order valence-electron chi connectivity index (χ1n) is 8.46. The fraction of sp³-hybridized carbons (Fsp3) is 0.316. The van der Waals surface area contributed by atoms with Gasteiger partial charge in [-0.05, 0) is 56.7 Å². The SMILES string of the molecule is CC[C@@H](Oc1ccccc1)C(=O)Nc1ccc(S(=O)(=O)NC(C)C)cc1. The van der Waals surface area contributed by atoms with E-state index in [9.17, 15) is 13.2 Å². The van der Waals surface area contributed by atoms with Crippen molar-refractivity contribution in [2.45, 2.75) is 44.2 Å². The molecule has 0 heterocycles. The molecule has 2 rings (SSSR count). The van der Waals surface area contributed by atoms with E-state index in [-0.39, 0.29) is 16.8 Å². The van der Waals surface area contributed by atoms with E-state index in [1.807, 2.05) is 25.1 Å². The fourth-order valence-electron chi connectivity index (χ4n) is 2.30. The van der Waals surface area contributed by atoms with Gasteiger partial charge in [0.1, 0.15) is 5.75 Å². The molecule has 2 aromatic rings. The highest BCUT2D eigenvalue weighted by atomic mass is 32.2. The van der Waals surface area contributed by atoms with Crippen molar-refractivity contribution in [1.82, 2.24) is 4.72 Å². The monoisotopic (exact) mass is 376 g/mol. The van der Waals surface area contributed by atoms with Gasteiger partial charge in [0.15, 0.2) is 6.10 Å². The van der Waals surface area contributed by atoms with Gasteiger partial charge in [-0.15, -0.1) is 0 Å². The third kappa shape index (κ3) is 5.57. The second-order valence-electron chi connectivity index (χ2n) is 6.12. The zero-order valence-corrected chi connectivity index (χ0v) is 15.9. The highest BCUT2D eigenvalue weighted by molar-refractivity contribution is 7.89. The Morgan fingerprint density at radius 3 is 2.19 bits per heavy atom. The Balaban J connectivity index is 2.04. The number of para-hydroxylation sites is 1. The van der Waals surface area contributed by atoms with Crippen molar-refractivity contribution >= 4 is 21.6 Å². The van der Waals surface area contributed by atoms with E-state index < -0.39 is 16.1 Å². The van der Waals surface area contributed by atoms with Crippen LogP contribution in [0.3, 0.4) is 0 Å². The number of amides is 1. The van der Waals surface area contributed by atoms with Crippen molar-refractivity contribution in [2.75, 3.05) is 5.32 Å². The molecule has 0 aliphatic rings. The van der Waals surface area contributed by atoms with Crippen molar-refractivity contribution in [3.8, 4) is 5.75 Å². The van der Waals surface area contributed by atoms with Gasteiger partial charge in [0.25, 0.3) is 5.91 Å². The fourth-order valence-corrected chi connectivity index (χ4v) is 3.56. The summed E-state index contributed by atoms with van der Waals surface area (Å²) in [5.41, 5.74) is 0.508. The van der Waals surface area contributed by atoms with E-state index in [4.69, 9.17) is 4.74 Å². The van der Waals surface area contributed by atoms with Crippen LogP contribution in [-0.4, -0.2) is 26.5 Å². The maximum Gasteiger partial charge on any atom is 0.265 e. The van der Waals surface area contributed by atoms with Crippen LogP contribution in [0.4, 0.5) is 5.69 Å². The molecule has 26 heavy (non-hydrogen) atoms. The standard InChI is InChI=1S/C19H24N2O4S/c1-4-18(25-16-8-6-5-7-9-16)19(22)20-15-10-12-17(13-11-15)26(23,24)21-14(2)3/h5-14,18,21H,4H2,1-3H3,(H,20,22)/t18-/m1/s1. The molecule has 2 aromatic carbocycles. The molecule has 0 saturated heterocycles. The van der Waals surface area contributed by atoms with Gasteiger partial charge in [-0.2, -0.15) is 0 Å². The van der Waals surface area contributed by atoms with Crippen LogP contribution in [0.2, 0.25) is 0 Å². The van der Waals surface area contributed by atoms with Crippen LogP contribution in [0, 0.1) is 0 Å². The van der Waals surface area contributed by atoms with Gasteiger partial charge in [0.2, 0.25) is 10.0 Å². The van der Waals surface area contributed by atoms with Crippen LogP contribution in [0.5, 0.6) is 5.75 Å². The molecule has 0 unspecified atom stereocenters. The molecule has 0 saturated carbocycles. The topological polar surface area (TPSA) is 84.5 Å². The number of benzene rings is 2. The Morgan fingerprint density at radius 2 is 1.65 bits per heavy atom. The minimum absolute atomic E-state index is 0.150. The lowest BCUT2D eigenvalue weighted by molar-refractivity contribution is -0.122. The van der Waals surface area contributed by atoms with E-state index in [1.54, 1.807) is 38.1 Å². The summed E-state index contributed by atoms with van der Waals surface area (Å²) >= 11 is 0. The Labute approximate surface area is 154 Å². The number of anilines is 1. The van der Waals surface area contributed by atoms with Crippen LogP contribution < -0.4 is 14.8 Å². The minimum atomic E-state index is -3.55. The van der Waals surface area contributed by atoms with Crippen molar-refractivity contribution in [3.63, 3.8) is 0 Å². The average molecular weight is 376 g/mol. The Kier molecular flexibility index (Phi) is 6.76. The summed E-state index contributed by atoms with van der Waals surface area (Å²) in [6.45, 7) is 5.37. The number of carbonyl (C=O) groups is 1.